The molecule has 1 saturated heterocycles. The Labute approximate surface area is 217 Å². The van der Waals surface area contributed by atoms with Gasteiger partial charge in [0.2, 0.25) is 0 Å². The van der Waals surface area contributed by atoms with E-state index in [0.29, 0.717) is 34.9 Å². The minimum atomic E-state index is -0.758. The highest BCUT2D eigenvalue weighted by Gasteiger charge is 2.36. The van der Waals surface area contributed by atoms with Gasteiger partial charge in [-0.05, 0) is 25.1 Å². The van der Waals surface area contributed by atoms with E-state index in [-0.39, 0.29) is 6.61 Å². The number of anilines is 1. The second-order valence-electron chi connectivity index (χ2n) is 8.69. The van der Waals surface area contributed by atoms with E-state index in [1.807, 2.05) is 18.2 Å². The normalized spacial score (nSPS) is 18.1. The molecule has 2 aromatic carbocycles. The second-order valence-corrected chi connectivity index (χ2v) is 8.69. The minimum Gasteiger partial charge on any atom is -0.497 e. The van der Waals surface area contributed by atoms with Crippen LogP contribution in [0.4, 0.5) is 10.5 Å². The topological polar surface area (TPSA) is 102 Å². The highest BCUT2D eigenvalue weighted by atomic mass is 16.5. The number of para-hydroxylation sites is 1. The van der Waals surface area contributed by atoms with Crippen molar-refractivity contribution < 1.29 is 28.5 Å². The molecule has 0 saturated carbocycles. The number of esters is 1. The third-order valence-electron chi connectivity index (χ3n) is 6.57. The fourth-order valence-corrected chi connectivity index (χ4v) is 4.76. The van der Waals surface area contributed by atoms with Crippen molar-refractivity contribution in [3.05, 3.63) is 59.3 Å². The van der Waals surface area contributed by atoms with Gasteiger partial charge in [0.25, 0.3) is 0 Å². The van der Waals surface area contributed by atoms with Crippen molar-refractivity contribution in [1.29, 1.82) is 0 Å². The van der Waals surface area contributed by atoms with E-state index in [9.17, 15) is 9.59 Å². The summed E-state index contributed by atoms with van der Waals surface area (Å²) in [5, 5.41) is 5.73. The van der Waals surface area contributed by atoms with Crippen LogP contribution in [0.2, 0.25) is 0 Å². The maximum absolute atomic E-state index is 13.2. The fraction of sp³-hybridized carbons (Fsp3) is 0.407. The molecule has 2 heterocycles. The third kappa shape index (κ3) is 5.75. The first-order valence-corrected chi connectivity index (χ1v) is 12.3. The van der Waals surface area contributed by atoms with Crippen LogP contribution in [0.15, 0.2) is 53.7 Å². The van der Waals surface area contributed by atoms with Crippen molar-refractivity contribution in [2.45, 2.75) is 13.0 Å². The largest absolute Gasteiger partial charge is 0.497 e. The number of nitrogens with one attached hydrogen (secondary N) is 2. The number of nitrogens with zero attached hydrogens (tertiary/aromatic N) is 2. The summed E-state index contributed by atoms with van der Waals surface area (Å²) in [6.45, 7) is 5.48. The molecular formula is C27H34N4O6. The number of urea groups is 1. The summed E-state index contributed by atoms with van der Waals surface area (Å²) in [5.41, 5.74) is 2.58. The number of carbonyl (C=O) groups excluding carboxylic acids is 2. The molecule has 0 bridgehead atoms. The first kappa shape index (κ1) is 26.2. The van der Waals surface area contributed by atoms with E-state index in [4.69, 9.17) is 18.9 Å². The Balaban J connectivity index is 1.60. The van der Waals surface area contributed by atoms with Crippen LogP contribution in [0.5, 0.6) is 17.2 Å². The standard InChI is InChI=1S/C27H34N4O6/c1-5-37-26(32)23-21(17-30-12-14-31(15-13-30)18-8-6-9-19(16-18)34-2)28-27(33)29-24(23)20-10-7-11-22(35-3)25(20)36-4/h6-11,16,24H,5,12-15,17H2,1-4H3,(H2,28,29,33). The molecule has 4 rings (SSSR count). The lowest BCUT2D eigenvalue weighted by atomic mass is 9.93. The summed E-state index contributed by atoms with van der Waals surface area (Å²) in [6.07, 6.45) is 0. The average molecular weight is 511 g/mol. The van der Waals surface area contributed by atoms with Crippen LogP contribution in [-0.4, -0.2) is 77.6 Å². The SMILES string of the molecule is CCOC(=O)C1=C(CN2CCN(c3cccc(OC)c3)CC2)NC(=O)NC1c1cccc(OC)c1OC. The van der Waals surface area contributed by atoms with Gasteiger partial charge < -0.3 is 34.5 Å². The number of hydrogen-bond donors (Lipinski definition) is 2. The van der Waals surface area contributed by atoms with Crippen LogP contribution >= 0.6 is 0 Å². The molecule has 2 aliphatic heterocycles. The Morgan fingerprint density at radius 1 is 1.00 bits per heavy atom. The van der Waals surface area contributed by atoms with Gasteiger partial charge in [-0.15, -0.1) is 0 Å². The van der Waals surface area contributed by atoms with Crippen LogP contribution in [0, 0.1) is 0 Å². The number of ether oxygens (including phenoxy) is 4. The molecule has 1 fully saturated rings. The maximum Gasteiger partial charge on any atom is 0.338 e. The van der Waals surface area contributed by atoms with Gasteiger partial charge in [-0.1, -0.05) is 18.2 Å². The van der Waals surface area contributed by atoms with Gasteiger partial charge in [0, 0.05) is 55.7 Å². The molecule has 10 heteroatoms. The molecule has 37 heavy (non-hydrogen) atoms. The highest BCUT2D eigenvalue weighted by molar-refractivity contribution is 5.95. The average Bonchev–Trinajstić information content (AvgIpc) is 2.92. The lowest BCUT2D eigenvalue weighted by Crippen LogP contribution is -2.51. The Bertz CT molecular complexity index is 1160. The first-order chi connectivity index (χ1) is 18.0. The zero-order chi connectivity index (χ0) is 26.4. The molecule has 0 aromatic heterocycles. The third-order valence-corrected chi connectivity index (χ3v) is 6.57. The Kier molecular flexibility index (Phi) is 8.39. The molecule has 10 nitrogen and oxygen atoms in total. The second kappa shape index (κ2) is 11.9. The van der Waals surface area contributed by atoms with Crippen molar-refractivity contribution in [3.63, 3.8) is 0 Å². The molecule has 198 valence electrons. The van der Waals surface area contributed by atoms with Crippen LogP contribution < -0.4 is 29.7 Å². The van der Waals surface area contributed by atoms with Crippen molar-refractivity contribution in [1.82, 2.24) is 15.5 Å². The Morgan fingerprint density at radius 3 is 2.43 bits per heavy atom. The summed E-state index contributed by atoms with van der Waals surface area (Å²) in [7, 11) is 4.73. The maximum atomic E-state index is 13.2. The smallest absolute Gasteiger partial charge is 0.338 e. The summed E-state index contributed by atoms with van der Waals surface area (Å²) in [5.74, 6) is 1.28. The predicted octanol–water partition coefficient (Wildman–Crippen LogP) is 2.71. The van der Waals surface area contributed by atoms with Gasteiger partial charge in [-0.2, -0.15) is 0 Å². The van der Waals surface area contributed by atoms with Gasteiger partial charge in [0.15, 0.2) is 11.5 Å². The minimum absolute atomic E-state index is 0.213. The predicted molar refractivity (Wildman–Crippen MR) is 139 cm³/mol. The van der Waals surface area contributed by atoms with Crippen molar-refractivity contribution in [2.75, 3.05) is 65.6 Å². The van der Waals surface area contributed by atoms with Gasteiger partial charge >= 0.3 is 12.0 Å². The molecule has 2 aliphatic rings. The number of piperazine rings is 1. The van der Waals surface area contributed by atoms with Gasteiger partial charge in [-0.3, -0.25) is 4.90 Å². The molecule has 0 aliphatic carbocycles. The van der Waals surface area contributed by atoms with Gasteiger partial charge in [-0.25, -0.2) is 9.59 Å². The quantitative estimate of drug-likeness (QED) is 0.497. The lowest BCUT2D eigenvalue weighted by molar-refractivity contribution is -0.139. The number of amides is 2. The van der Waals surface area contributed by atoms with Crippen LogP contribution in [0.3, 0.4) is 0 Å². The number of rotatable bonds is 9. The van der Waals surface area contributed by atoms with E-state index in [1.54, 1.807) is 39.3 Å². The molecule has 2 N–H and O–H groups in total. The molecule has 1 unspecified atom stereocenters. The molecule has 2 amide bonds. The summed E-state index contributed by atoms with van der Waals surface area (Å²) in [4.78, 5) is 30.5. The van der Waals surface area contributed by atoms with E-state index in [0.717, 1.165) is 37.6 Å². The molecule has 1 atom stereocenters. The summed E-state index contributed by atoms with van der Waals surface area (Å²) in [6, 6.07) is 12.2. The van der Waals surface area contributed by atoms with Gasteiger partial charge in [0.05, 0.1) is 39.6 Å². The first-order valence-electron chi connectivity index (χ1n) is 12.3. The van der Waals surface area contributed by atoms with Crippen LogP contribution in [0.1, 0.15) is 18.5 Å². The van der Waals surface area contributed by atoms with Crippen LogP contribution in [-0.2, 0) is 9.53 Å². The van der Waals surface area contributed by atoms with E-state index in [1.165, 1.54) is 7.11 Å². The number of hydrogen-bond acceptors (Lipinski definition) is 8. The Hall–Kier alpha value is -3.92. The van der Waals surface area contributed by atoms with E-state index >= 15 is 0 Å². The van der Waals surface area contributed by atoms with Crippen LogP contribution in [0.25, 0.3) is 0 Å². The molecule has 0 spiro atoms. The van der Waals surface area contributed by atoms with E-state index < -0.39 is 18.0 Å². The Morgan fingerprint density at radius 2 is 1.76 bits per heavy atom. The molecule has 0 radical (unpaired) electrons. The van der Waals surface area contributed by atoms with Crippen molar-refractivity contribution in [3.8, 4) is 17.2 Å². The molecule has 2 aromatic rings. The molecular weight excluding hydrogens is 476 g/mol. The van der Waals surface area contributed by atoms with Gasteiger partial charge in [0.1, 0.15) is 5.75 Å². The van der Waals surface area contributed by atoms with Crippen molar-refractivity contribution >= 4 is 17.7 Å². The number of carbonyl (C=O) groups is 2. The summed E-state index contributed by atoms with van der Waals surface area (Å²) < 4.78 is 21.8. The summed E-state index contributed by atoms with van der Waals surface area (Å²) >= 11 is 0. The highest BCUT2D eigenvalue weighted by Crippen LogP contribution is 2.39. The van der Waals surface area contributed by atoms with Crippen molar-refractivity contribution in [2.24, 2.45) is 0 Å². The number of methoxy groups -OCH3 is 3. The zero-order valence-corrected chi connectivity index (χ0v) is 21.7. The number of benzene rings is 2. The monoisotopic (exact) mass is 510 g/mol. The lowest BCUT2D eigenvalue weighted by Gasteiger charge is -2.38. The zero-order valence-electron chi connectivity index (χ0n) is 21.7. The fourth-order valence-electron chi connectivity index (χ4n) is 4.76. The van der Waals surface area contributed by atoms with E-state index in [2.05, 4.69) is 26.5 Å².